The topological polar surface area (TPSA) is 57.7 Å². The first kappa shape index (κ1) is 13.5. The van der Waals surface area contributed by atoms with Crippen molar-refractivity contribution in [3.8, 4) is 0 Å². The van der Waals surface area contributed by atoms with Crippen LogP contribution in [0.25, 0.3) is 0 Å². The van der Waals surface area contributed by atoms with E-state index in [9.17, 15) is 13.2 Å². The Morgan fingerprint density at radius 3 is 2.79 bits per heavy atom. The summed E-state index contributed by atoms with van der Waals surface area (Å²) >= 11 is 4.50. The molecule has 3 rings (SSSR count). The van der Waals surface area contributed by atoms with Gasteiger partial charge in [0.15, 0.2) is 0 Å². The van der Waals surface area contributed by atoms with Crippen molar-refractivity contribution in [1.82, 2.24) is 9.21 Å². The summed E-state index contributed by atoms with van der Waals surface area (Å²) in [5.74, 6) is 0.154. The molecule has 104 valence electrons. The first-order valence-electron chi connectivity index (χ1n) is 6.03. The molecule has 0 saturated carbocycles. The Balaban J connectivity index is 1.82. The predicted octanol–water partition coefficient (Wildman–Crippen LogP) is 1.51. The van der Waals surface area contributed by atoms with Crippen LogP contribution < -0.4 is 0 Å². The summed E-state index contributed by atoms with van der Waals surface area (Å²) in [6.45, 7) is 1.32. The standard InChI is InChI=1S/C11H13BrN2O3S2/c12-9-2-4-11(18-9)19(16,17)13-5-6-14-8(7-13)1-3-10(14)15/h2,4,8H,1,3,5-7H2. The van der Waals surface area contributed by atoms with Crippen molar-refractivity contribution < 1.29 is 13.2 Å². The Morgan fingerprint density at radius 1 is 1.32 bits per heavy atom. The molecule has 1 atom stereocenters. The number of hydrogen-bond donors (Lipinski definition) is 0. The number of carbonyl (C=O) groups excluding carboxylic acids is 1. The van der Waals surface area contributed by atoms with Crippen LogP contribution in [0.5, 0.6) is 0 Å². The quantitative estimate of drug-likeness (QED) is 0.798. The Bertz CT molecular complexity index is 613. The van der Waals surface area contributed by atoms with Gasteiger partial charge in [-0.3, -0.25) is 4.79 Å². The third kappa shape index (κ3) is 2.35. The zero-order valence-electron chi connectivity index (χ0n) is 10.1. The molecule has 1 unspecified atom stereocenters. The fourth-order valence-corrected chi connectivity index (χ4v) is 6.25. The van der Waals surface area contributed by atoms with E-state index in [4.69, 9.17) is 0 Å². The van der Waals surface area contributed by atoms with E-state index in [0.717, 1.165) is 10.2 Å². The fraction of sp³-hybridized carbons (Fsp3) is 0.545. The van der Waals surface area contributed by atoms with E-state index in [1.807, 2.05) is 4.90 Å². The van der Waals surface area contributed by atoms with Crippen molar-refractivity contribution in [2.45, 2.75) is 23.1 Å². The van der Waals surface area contributed by atoms with Crippen LogP contribution in [0.3, 0.4) is 0 Å². The van der Waals surface area contributed by atoms with Gasteiger partial charge in [0, 0.05) is 32.1 Å². The third-order valence-electron chi connectivity index (χ3n) is 3.60. The molecule has 2 aliphatic heterocycles. The second-order valence-electron chi connectivity index (χ2n) is 4.70. The Morgan fingerprint density at radius 2 is 2.11 bits per heavy atom. The summed E-state index contributed by atoms with van der Waals surface area (Å²) in [5.41, 5.74) is 0. The first-order valence-corrected chi connectivity index (χ1v) is 9.08. The minimum Gasteiger partial charge on any atom is -0.337 e. The number of piperazine rings is 1. The molecule has 1 amide bonds. The number of carbonyl (C=O) groups is 1. The molecule has 8 heteroatoms. The van der Waals surface area contributed by atoms with Gasteiger partial charge in [-0.1, -0.05) is 0 Å². The summed E-state index contributed by atoms with van der Waals surface area (Å²) in [6.07, 6.45) is 1.31. The molecule has 19 heavy (non-hydrogen) atoms. The average Bonchev–Trinajstić information content (AvgIpc) is 2.96. The van der Waals surface area contributed by atoms with E-state index in [1.54, 1.807) is 12.1 Å². The van der Waals surface area contributed by atoms with Crippen LogP contribution in [0.2, 0.25) is 0 Å². The minimum absolute atomic E-state index is 0.0550. The molecule has 2 saturated heterocycles. The first-order chi connectivity index (χ1) is 8.98. The molecule has 0 spiro atoms. The van der Waals surface area contributed by atoms with E-state index >= 15 is 0 Å². The third-order valence-corrected chi connectivity index (χ3v) is 7.56. The van der Waals surface area contributed by atoms with Gasteiger partial charge in [-0.15, -0.1) is 11.3 Å². The second kappa shape index (κ2) is 4.83. The number of sulfonamides is 1. The normalized spacial score (nSPS) is 24.8. The van der Waals surface area contributed by atoms with Crippen molar-refractivity contribution in [2.75, 3.05) is 19.6 Å². The van der Waals surface area contributed by atoms with Crippen LogP contribution in [0.1, 0.15) is 12.8 Å². The Labute approximate surface area is 124 Å². The predicted molar refractivity (Wildman–Crippen MR) is 75.5 cm³/mol. The van der Waals surface area contributed by atoms with Gasteiger partial charge in [0.05, 0.1) is 3.79 Å². The Kier molecular flexibility index (Phi) is 3.45. The van der Waals surface area contributed by atoms with Crippen molar-refractivity contribution in [2.24, 2.45) is 0 Å². The van der Waals surface area contributed by atoms with Crippen LogP contribution in [0, 0.1) is 0 Å². The molecule has 2 fully saturated rings. The number of nitrogens with zero attached hydrogens (tertiary/aromatic N) is 2. The second-order valence-corrected chi connectivity index (χ2v) is 9.33. The van der Waals surface area contributed by atoms with Gasteiger partial charge in [0.2, 0.25) is 5.91 Å². The molecule has 0 N–H and O–H groups in total. The van der Waals surface area contributed by atoms with Gasteiger partial charge in [-0.25, -0.2) is 8.42 Å². The molecule has 0 bridgehead atoms. The smallest absolute Gasteiger partial charge is 0.252 e. The van der Waals surface area contributed by atoms with Crippen LogP contribution in [-0.2, 0) is 14.8 Å². The van der Waals surface area contributed by atoms with E-state index in [0.29, 0.717) is 30.3 Å². The highest BCUT2D eigenvalue weighted by molar-refractivity contribution is 9.11. The lowest BCUT2D eigenvalue weighted by Crippen LogP contribution is -2.52. The highest BCUT2D eigenvalue weighted by Gasteiger charge is 2.39. The maximum Gasteiger partial charge on any atom is 0.252 e. The monoisotopic (exact) mass is 364 g/mol. The van der Waals surface area contributed by atoms with Gasteiger partial charge in [-0.05, 0) is 34.5 Å². The molecule has 2 aliphatic rings. The highest BCUT2D eigenvalue weighted by Crippen LogP contribution is 2.31. The van der Waals surface area contributed by atoms with Crippen molar-refractivity contribution >= 4 is 43.2 Å². The van der Waals surface area contributed by atoms with E-state index < -0.39 is 10.0 Å². The van der Waals surface area contributed by atoms with E-state index in [-0.39, 0.29) is 11.9 Å². The van der Waals surface area contributed by atoms with Gasteiger partial charge in [-0.2, -0.15) is 4.31 Å². The Hall–Kier alpha value is -0.440. The fourth-order valence-electron chi connectivity index (χ4n) is 2.62. The van der Waals surface area contributed by atoms with Crippen molar-refractivity contribution in [1.29, 1.82) is 0 Å². The molecule has 3 heterocycles. The SMILES string of the molecule is O=C1CCC2CN(S(=O)(=O)c3ccc(Br)s3)CCN12. The summed E-state index contributed by atoms with van der Waals surface area (Å²) in [5, 5.41) is 0. The molecular weight excluding hydrogens is 352 g/mol. The highest BCUT2D eigenvalue weighted by atomic mass is 79.9. The lowest BCUT2D eigenvalue weighted by atomic mass is 10.2. The zero-order chi connectivity index (χ0) is 13.6. The summed E-state index contributed by atoms with van der Waals surface area (Å²) < 4.78 is 27.6. The van der Waals surface area contributed by atoms with Crippen molar-refractivity contribution in [3.63, 3.8) is 0 Å². The van der Waals surface area contributed by atoms with Gasteiger partial charge >= 0.3 is 0 Å². The van der Waals surface area contributed by atoms with Gasteiger partial charge in [0.1, 0.15) is 4.21 Å². The molecule has 0 aromatic carbocycles. The van der Waals surface area contributed by atoms with E-state index in [1.165, 1.54) is 15.6 Å². The lowest BCUT2D eigenvalue weighted by Gasteiger charge is -2.36. The lowest BCUT2D eigenvalue weighted by molar-refractivity contribution is -0.130. The largest absolute Gasteiger partial charge is 0.337 e. The number of fused-ring (bicyclic) bond motifs is 1. The summed E-state index contributed by atoms with van der Waals surface area (Å²) in [7, 11) is -3.41. The van der Waals surface area contributed by atoms with Crippen LogP contribution in [0.4, 0.5) is 0 Å². The average molecular weight is 365 g/mol. The van der Waals surface area contributed by atoms with E-state index in [2.05, 4.69) is 15.9 Å². The van der Waals surface area contributed by atoms with Gasteiger partial charge in [0.25, 0.3) is 10.0 Å². The molecular formula is C11H13BrN2O3S2. The zero-order valence-corrected chi connectivity index (χ0v) is 13.3. The summed E-state index contributed by atoms with van der Waals surface area (Å²) in [4.78, 5) is 13.4. The molecule has 0 aliphatic carbocycles. The van der Waals surface area contributed by atoms with Crippen LogP contribution in [0.15, 0.2) is 20.1 Å². The minimum atomic E-state index is -3.41. The molecule has 5 nitrogen and oxygen atoms in total. The number of amides is 1. The molecule has 0 radical (unpaired) electrons. The molecule has 1 aromatic rings. The number of halogens is 1. The van der Waals surface area contributed by atoms with Crippen LogP contribution in [-0.4, -0.2) is 49.2 Å². The van der Waals surface area contributed by atoms with Crippen molar-refractivity contribution in [3.05, 3.63) is 15.9 Å². The van der Waals surface area contributed by atoms with Gasteiger partial charge < -0.3 is 4.90 Å². The molecule has 1 aromatic heterocycles. The maximum absolute atomic E-state index is 12.5. The number of hydrogen-bond acceptors (Lipinski definition) is 4. The number of rotatable bonds is 2. The summed E-state index contributed by atoms with van der Waals surface area (Å²) in [6, 6.07) is 3.42. The van der Waals surface area contributed by atoms with Crippen LogP contribution >= 0.6 is 27.3 Å². The maximum atomic E-state index is 12.5. The number of thiophene rings is 1.